The van der Waals surface area contributed by atoms with E-state index in [2.05, 4.69) is 19.3 Å². The summed E-state index contributed by atoms with van der Waals surface area (Å²) in [6.07, 6.45) is 0.651. The van der Waals surface area contributed by atoms with Crippen LogP contribution in [0.5, 0.6) is 0 Å². The number of rotatable bonds is 3. The highest BCUT2D eigenvalue weighted by Crippen LogP contribution is 2.31. The Hall–Kier alpha value is -1.05. The molecule has 0 radical (unpaired) electrons. The van der Waals surface area contributed by atoms with Gasteiger partial charge < -0.3 is 0 Å². The first-order valence-electron chi connectivity index (χ1n) is 4.57. The van der Waals surface area contributed by atoms with Gasteiger partial charge in [0.25, 0.3) is 0 Å². The van der Waals surface area contributed by atoms with Crippen molar-refractivity contribution in [1.29, 1.82) is 0 Å². The highest BCUT2D eigenvalue weighted by atomic mass is 35.5. The Morgan fingerprint density at radius 1 is 1.24 bits per heavy atom. The largest absolute Gasteiger partial charge is 0.298 e. The molecule has 0 saturated heterocycles. The lowest BCUT2D eigenvalue weighted by Crippen LogP contribution is -1.98. The second-order valence-corrected chi connectivity index (χ2v) is 5.45. The first-order valence-corrected chi connectivity index (χ1v) is 6.54. The van der Waals surface area contributed by atoms with Crippen LogP contribution in [0.3, 0.4) is 0 Å². The first kappa shape index (κ1) is 12.4. The molecule has 0 saturated carbocycles. The van der Waals surface area contributed by atoms with E-state index < -0.39 is 0 Å². The van der Waals surface area contributed by atoms with Crippen molar-refractivity contribution in [1.82, 2.24) is 19.3 Å². The monoisotopic (exact) mass is 286 g/mol. The lowest BCUT2D eigenvalue weighted by atomic mass is 10.4. The molecule has 2 heterocycles. The van der Waals surface area contributed by atoms with Crippen LogP contribution in [0.2, 0.25) is 5.15 Å². The molecule has 0 spiro atoms. The molecule has 0 aliphatic rings. The van der Waals surface area contributed by atoms with E-state index >= 15 is 0 Å². The van der Waals surface area contributed by atoms with Crippen LogP contribution in [0.1, 0.15) is 22.0 Å². The fourth-order valence-corrected chi connectivity index (χ4v) is 3.11. The number of nitrogens with zero attached hydrogens (tertiary/aromatic N) is 4. The maximum Gasteiger partial charge on any atom is 0.176 e. The molecule has 0 aromatic carbocycles. The first-order chi connectivity index (χ1) is 8.10. The molecule has 0 aliphatic heterocycles. The summed E-state index contributed by atoms with van der Waals surface area (Å²) in [5, 5.41) is 0.671. The zero-order valence-electron chi connectivity index (χ0n) is 8.97. The Morgan fingerprint density at radius 3 is 2.59 bits per heavy atom. The highest BCUT2D eigenvalue weighted by molar-refractivity contribution is 8.01. The zero-order chi connectivity index (χ0) is 12.4. The van der Waals surface area contributed by atoms with Crippen molar-refractivity contribution in [2.24, 2.45) is 0 Å². The Morgan fingerprint density at radius 2 is 2.00 bits per heavy atom. The number of aryl methyl sites for hydroxylation is 2. The average molecular weight is 287 g/mol. The van der Waals surface area contributed by atoms with Crippen molar-refractivity contribution in [2.45, 2.75) is 23.2 Å². The Labute approximate surface area is 111 Å². The molecule has 0 aliphatic carbocycles. The SMILES string of the molecule is Cc1nsc(Sc2nc(C)nc(Cl)c2C=O)n1. The van der Waals surface area contributed by atoms with Gasteiger partial charge in [0.15, 0.2) is 10.6 Å². The summed E-state index contributed by atoms with van der Waals surface area (Å²) in [5.74, 6) is 1.21. The Kier molecular flexibility index (Phi) is 3.70. The minimum Gasteiger partial charge on any atom is -0.298 e. The van der Waals surface area contributed by atoms with Crippen molar-refractivity contribution in [3.05, 3.63) is 22.4 Å². The van der Waals surface area contributed by atoms with Crippen LogP contribution in [0.4, 0.5) is 0 Å². The zero-order valence-corrected chi connectivity index (χ0v) is 11.4. The van der Waals surface area contributed by atoms with Gasteiger partial charge in [-0.3, -0.25) is 4.79 Å². The van der Waals surface area contributed by atoms with Gasteiger partial charge in [0.05, 0.1) is 5.56 Å². The number of aromatic nitrogens is 4. The molecule has 0 fully saturated rings. The number of hydrogen-bond donors (Lipinski definition) is 0. The van der Waals surface area contributed by atoms with Crippen molar-refractivity contribution in [3.63, 3.8) is 0 Å². The summed E-state index contributed by atoms with van der Waals surface area (Å²) in [5.41, 5.74) is 0.287. The van der Waals surface area contributed by atoms with Crippen LogP contribution < -0.4 is 0 Å². The molecule has 0 unspecified atom stereocenters. The molecular formula is C9H7ClN4OS2. The molecule has 0 bridgehead atoms. The highest BCUT2D eigenvalue weighted by Gasteiger charge is 2.14. The number of aldehydes is 1. The van der Waals surface area contributed by atoms with Crippen molar-refractivity contribution >= 4 is 41.2 Å². The second kappa shape index (κ2) is 5.07. The lowest BCUT2D eigenvalue weighted by Gasteiger charge is -2.03. The fourth-order valence-electron chi connectivity index (χ4n) is 1.10. The number of carbonyl (C=O) groups excluding carboxylic acids is 1. The van der Waals surface area contributed by atoms with Crippen molar-refractivity contribution in [2.75, 3.05) is 0 Å². The van der Waals surface area contributed by atoms with Gasteiger partial charge in [-0.1, -0.05) is 11.6 Å². The smallest absolute Gasteiger partial charge is 0.176 e. The topological polar surface area (TPSA) is 68.6 Å². The summed E-state index contributed by atoms with van der Waals surface area (Å²) in [7, 11) is 0. The van der Waals surface area contributed by atoms with E-state index in [1.54, 1.807) is 13.8 Å². The number of carbonyl (C=O) groups is 1. The van der Waals surface area contributed by atoms with Crippen LogP contribution in [0.25, 0.3) is 0 Å². The van der Waals surface area contributed by atoms with E-state index in [1.165, 1.54) is 23.3 Å². The lowest BCUT2D eigenvalue weighted by molar-refractivity contribution is 0.112. The van der Waals surface area contributed by atoms with Crippen LogP contribution in [0, 0.1) is 13.8 Å². The van der Waals surface area contributed by atoms with E-state index in [4.69, 9.17) is 11.6 Å². The van der Waals surface area contributed by atoms with Gasteiger partial charge in [0.2, 0.25) is 0 Å². The molecule has 2 rings (SSSR count). The standard InChI is InChI=1S/C9H7ClN4OS2/c1-4-11-7(10)6(3-15)8(12-4)16-9-13-5(2)14-17-9/h3H,1-2H3. The predicted molar refractivity (Wildman–Crippen MR) is 65.9 cm³/mol. The minimum atomic E-state index is 0.163. The molecule has 0 N–H and O–H groups in total. The summed E-state index contributed by atoms with van der Waals surface area (Å²) in [6, 6.07) is 0. The van der Waals surface area contributed by atoms with Gasteiger partial charge in [-0.25, -0.2) is 15.0 Å². The Bertz CT molecular complexity index is 572. The molecule has 8 heteroatoms. The maximum atomic E-state index is 10.9. The van der Waals surface area contributed by atoms with Gasteiger partial charge in [0, 0.05) is 0 Å². The van der Waals surface area contributed by atoms with Crippen molar-refractivity contribution < 1.29 is 4.79 Å². The molecule has 0 atom stereocenters. The van der Waals surface area contributed by atoms with Crippen LogP contribution in [0.15, 0.2) is 9.37 Å². The normalized spacial score (nSPS) is 10.5. The van der Waals surface area contributed by atoms with E-state index in [0.717, 1.165) is 4.34 Å². The summed E-state index contributed by atoms with van der Waals surface area (Å²) >= 11 is 8.40. The fraction of sp³-hybridized carbons (Fsp3) is 0.222. The summed E-state index contributed by atoms with van der Waals surface area (Å²) in [6.45, 7) is 3.52. The second-order valence-electron chi connectivity index (χ2n) is 3.11. The molecular weight excluding hydrogens is 280 g/mol. The minimum absolute atomic E-state index is 0.163. The Balaban J connectivity index is 2.41. The number of hydrogen-bond acceptors (Lipinski definition) is 7. The van der Waals surface area contributed by atoms with E-state index in [9.17, 15) is 4.79 Å². The van der Waals surface area contributed by atoms with Gasteiger partial charge in [-0.2, -0.15) is 4.37 Å². The van der Waals surface area contributed by atoms with E-state index in [0.29, 0.717) is 23.0 Å². The van der Waals surface area contributed by atoms with E-state index in [1.807, 2.05) is 0 Å². The molecule has 0 amide bonds. The number of halogens is 1. The van der Waals surface area contributed by atoms with Gasteiger partial charge in [-0.05, 0) is 37.1 Å². The predicted octanol–water partition coefficient (Wildman–Crippen LogP) is 2.56. The molecule has 2 aromatic rings. The quantitative estimate of drug-likeness (QED) is 0.638. The third-order valence-electron chi connectivity index (χ3n) is 1.79. The van der Waals surface area contributed by atoms with Gasteiger partial charge >= 0.3 is 0 Å². The van der Waals surface area contributed by atoms with E-state index in [-0.39, 0.29) is 10.7 Å². The van der Waals surface area contributed by atoms with Crippen molar-refractivity contribution in [3.8, 4) is 0 Å². The third-order valence-corrected chi connectivity index (χ3v) is 3.92. The van der Waals surface area contributed by atoms with Gasteiger partial charge in [0.1, 0.15) is 21.8 Å². The van der Waals surface area contributed by atoms with Gasteiger partial charge in [-0.15, -0.1) is 0 Å². The third kappa shape index (κ3) is 2.80. The van der Waals surface area contributed by atoms with Crippen LogP contribution >= 0.6 is 34.9 Å². The molecule has 17 heavy (non-hydrogen) atoms. The van der Waals surface area contributed by atoms with Crippen LogP contribution in [-0.2, 0) is 0 Å². The molecule has 88 valence electrons. The summed E-state index contributed by atoms with van der Waals surface area (Å²) in [4.78, 5) is 23.2. The molecule has 5 nitrogen and oxygen atoms in total. The maximum absolute atomic E-state index is 10.9. The summed E-state index contributed by atoms with van der Waals surface area (Å²) < 4.78 is 4.78. The molecule has 2 aromatic heterocycles. The van der Waals surface area contributed by atoms with Crippen LogP contribution in [-0.4, -0.2) is 25.6 Å². The average Bonchev–Trinajstić information content (AvgIpc) is 2.63.